The van der Waals surface area contributed by atoms with Crippen LogP contribution in [0.5, 0.6) is 0 Å². The molecule has 0 aliphatic carbocycles. The molecule has 0 radical (unpaired) electrons. The van der Waals surface area contributed by atoms with Gasteiger partial charge in [0.15, 0.2) is 11.4 Å². The lowest BCUT2D eigenvalue weighted by molar-refractivity contribution is 0.0982. The average molecular weight is 244 g/mol. The second-order valence-electron chi connectivity index (χ2n) is 3.80. The molecule has 18 heavy (non-hydrogen) atoms. The number of nitrogens with one attached hydrogen (secondary N) is 1. The van der Waals surface area contributed by atoms with E-state index in [-0.39, 0.29) is 34.8 Å². The third-order valence-electron chi connectivity index (χ3n) is 2.80. The molecule has 0 fully saturated rings. The van der Waals surface area contributed by atoms with E-state index in [1.807, 2.05) is 0 Å². The lowest BCUT2D eigenvalue weighted by Crippen LogP contribution is -2.24. The number of hydrogen-bond donors (Lipinski definition) is 1. The fraction of sp³-hybridized carbons (Fsp3) is 0.333. The van der Waals surface area contributed by atoms with Crippen molar-refractivity contribution in [2.45, 2.75) is 26.7 Å². The summed E-state index contributed by atoms with van der Waals surface area (Å²) in [6, 6.07) is 0. The Labute approximate surface area is 103 Å². The van der Waals surface area contributed by atoms with Crippen molar-refractivity contribution in [1.29, 1.82) is 0 Å². The van der Waals surface area contributed by atoms with E-state index in [1.165, 1.54) is 10.7 Å². The zero-order valence-electron chi connectivity index (χ0n) is 10.1. The number of ketones is 1. The van der Waals surface area contributed by atoms with Gasteiger partial charge in [0.05, 0.1) is 6.57 Å². The Morgan fingerprint density at radius 3 is 2.83 bits per heavy atom. The maximum Gasteiger partial charge on any atom is 0.275 e. The maximum atomic E-state index is 12.2. The molecule has 6 heteroatoms. The molecule has 0 aliphatic rings. The Bertz CT molecular complexity index is 718. The van der Waals surface area contributed by atoms with E-state index >= 15 is 0 Å². The Balaban J connectivity index is 2.90. The summed E-state index contributed by atoms with van der Waals surface area (Å²) in [6.07, 6.45) is 2.13. The average Bonchev–Trinajstić information content (AvgIpc) is 2.80. The van der Waals surface area contributed by atoms with Crippen LogP contribution in [-0.4, -0.2) is 20.4 Å². The highest BCUT2D eigenvalue weighted by atomic mass is 16.1. The van der Waals surface area contributed by atoms with Gasteiger partial charge in [0.2, 0.25) is 5.69 Å². The molecule has 2 rings (SSSR count). The van der Waals surface area contributed by atoms with Gasteiger partial charge in [-0.25, -0.2) is 14.3 Å². The molecule has 1 N–H and O–H groups in total. The summed E-state index contributed by atoms with van der Waals surface area (Å²) in [6.45, 7) is 10.5. The number of nitrogens with zero attached hydrogens (tertiary/aromatic N) is 3. The molecule has 2 heterocycles. The molecule has 0 atom stereocenters. The smallest absolute Gasteiger partial charge is 0.275 e. The molecule has 0 unspecified atom stereocenters. The molecule has 2 aromatic heterocycles. The van der Waals surface area contributed by atoms with E-state index < -0.39 is 0 Å². The molecular formula is C12H12N4O2. The van der Waals surface area contributed by atoms with E-state index in [9.17, 15) is 9.59 Å². The third kappa shape index (κ3) is 1.61. The van der Waals surface area contributed by atoms with Crippen LogP contribution < -0.4 is 5.56 Å². The van der Waals surface area contributed by atoms with Crippen LogP contribution in [0.1, 0.15) is 36.3 Å². The van der Waals surface area contributed by atoms with E-state index in [2.05, 4.69) is 14.9 Å². The monoisotopic (exact) mass is 244 g/mol. The summed E-state index contributed by atoms with van der Waals surface area (Å²) in [4.78, 5) is 31.4. The van der Waals surface area contributed by atoms with Gasteiger partial charge in [0.1, 0.15) is 5.69 Å². The van der Waals surface area contributed by atoms with Crippen molar-refractivity contribution in [2.75, 3.05) is 0 Å². The van der Waals surface area contributed by atoms with Crippen LogP contribution in [0.2, 0.25) is 0 Å². The van der Waals surface area contributed by atoms with Crippen molar-refractivity contribution in [3.8, 4) is 0 Å². The van der Waals surface area contributed by atoms with Crippen LogP contribution in [-0.2, 0) is 6.42 Å². The summed E-state index contributed by atoms with van der Waals surface area (Å²) < 4.78 is 1.21. The van der Waals surface area contributed by atoms with Gasteiger partial charge in [-0.3, -0.25) is 9.59 Å². The minimum absolute atomic E-state index is 0.177. The van der Waals surface area contributed by atoms with Crippen LogP contribution in [0, 0.1) is 6.57 Å². The van der Waals surface area contributed by atoms with Crippen LogP contribution in [0.3, 0.4) is 0 Å². The number of carbonyl (C=O) groups excluding carboxylic acids is 1. The molecule has 0 bridgehead atoms. The molecule has 92 valence electrons. The fourth-order valence-corrected chi connectivity index (χ4v) is 1.84. The van der Waals surface area contributed by atoms with E-state index in [0.717, 1.165) is 0 Å². The van der Waals surface area contributed by atoms with Crippen molar-refractivity contribution in [3.05, 3.63) is 39.2 Å². The number of hydrogen-bond acceptors (Lipinski definition) is 3. The zero-order chi connectivity index (χ0) is 13.3. The Hall–Kier alpha value is -2.42. The molecule has 6 nitrogen and oxygen atoms in total. The number of H-pyrrole nitrogens is 1. The number of carbonyl (C=O) groups is 1. The summed E-state index contributed by atoms with van der Waals surface area (Å²) in [5, 5.41) is 2.68. The zero-order valence-corrected chi connectivity index (χ0v) is 10.1. The number of rotatable bonds is 3. The molecule has 0 aromatic carbocycles. The second kappa shape index (κ2) is 4.45. The normalized spacial score (nSPS) is 10.5. The number of aromatic nitrogens is 3. The predicted molar refractivity (Wildman–Crippen MR) is 66.1 cm³/mol. The lowest BCUT2D eigenvalue weighted by Gasteiger charge is -2.05. The molecule has 0 saturated carbocycles. The highest BCUT2D eigenvalue weighted by Gasteiger charge is 2.18. The number of fused-ring (bicyclic) bond motifs is 1. The standard InChI is InChI=1S/C12H12N4O2/c1-4-7-10(9(17)5-2)15-11-8(13-3)6-14-16(11)12(7)18/h6,14H,4-5H2,1-2H3. The summed E-state index contributed by atoms with van der Waals surface area (Å²) in [7, 11) is 0. The summed E-state index contributed by atoms with van der Waals surface area (Å²) in [5.41, 5.74) is 0.713. The van der Waals surface area contributed by atoms with Crippen LogP contribution in [0.15, 0.2) is 11.0 Å². The van der Waals surface area contributed by atoms with Crippen molar-refractivity contribution in [2.24, 2.45) is 0 Å². The van der Waals surface area contributed by atoms with Crippen molar-refractivity contribution in [1.82, 2.24) is 14.6 Å². The first kappa shape index (κ1) is 12.0. The van der Waals surface area contributed by atoms with Gasteiger partial charge >= 0.3 is 0 Å². The first-order valence-electron chi connectivity index (χ1n) is 5.67. The second-order valence-corrected chi connectivity index (χ2v) is 3.80. The molecule has 2 aromatic rings. The molecule has 0 aliphatic heterocycles. The maximum absolute atomic E-state index is 12.2. The Kier molecular flexibility index (Phi) is 2.98. The van der Waals surface area contributed by atoms with E-state index in [0.29, 0.717) is 12.0 Å². The molecule has 0 saturated heterocycles. The van der Waals surface area contributed by atoms with Gasteiger partial charge in [-0.05, 0) is 6.42 Å². The fourth-order valence-electron chi connectivity index (χ4n) is 1.84. The van der Waals surface area contributed by atoms with Crippen molar-refractivity contribution < 1.29 is 4.79 Å². The minimum Gasteiger partial charge on any atom is -0.308 e. The quantitative estimate of drug-likeness (QED) is 0.660. The van der Waals surface area contributed by atoms with Gasteiger partial charge in [0.25, 0.3) is 5.56 Å². The van der Waals surface area contributed by atoms with Gasteiger partial charge < -0.3 is 5.10 Å². The molecule has 0 amide bonds. The predicted octanol–water partition coefficient (Wildman–Crippen LogP) is 1.73. The van der Waals surface area contributed by atoms with E-state index in [4.69, 9.17) is 6.57 Å². The number of aromatic amines is 1. The third-order valence-corrected chi connectivity index (χ3v) is 2.80. The van der Waals surface area contributed by atoms with Gasteiger partial charge in [-0.15, -0.1) is 0 Å². The van der Waals surface area contributed by atoms with Gasteiger partial charge in [-0.1, -0.05) is 13.8 Å². The first-order valence-corrected chi connectivity index (χ1v) is 5.67. The molecule has 0 spiro atoms. The summed E-state index contributed by atoms with van der Waals surface area (Å²) in [5.74, 6) is -0.177. The van der Waals surface area contributed by atoms with Crippen molar-refractivity contribution in [3.63, 3.8) is 0 Å². The minimum atomic E-state index is -0.311. The topological polar surface area (TPSA) is 71.6 Å². The van der Waals surface area contributed by atoms with Crippen LogP contribution >= 0.6 is 0 Å². The van der Waals surface area contributed by atoms with Gasteiger partial charge in [0, 0.05) is 18.2 Å². The number of Topliss-reactive ketones (excluding diaryl/α,β-unsaturated/α-hetero) is 1. The van der Waals surface area contributed by atoms with Crippen LogP contribution in [0.25, 0.3) is 10.5 Å². The Morgan fingerprint density at radius 1 is 1.56 bits per heavy atom. The molecular weight excluding hydrogens is 232 g/mol. The highest BCUT2D eigenvalue weighted by Crippen LogP contribution is 2.18. The van der Waals surface area contributed by atoms with E-state index in [1.54, 1.807) is 13.8 Å². The largest absolute Gasteiger partial charge is 0.308 e. The van der Waals surface area contributed by atoms with Crippen molar-refractivity contribution >= 4 is 17.1 Å². The lowest BCUT2D eigenvalue weighted by atomic mass is 10.1. The van der Waals surface area contributed by atoms with Crippen LogP contribution in [0.4, 0.5) is 5.69 Å². The van der Waals surface area contributed by atoms with Gasteiger partial charge in [-0.2, -0.15) is 0 Å². The SMILES string of the molecule is [C-]#[N+]c1c[nH]n2c(=O)c(CC)c(C(=O)CC)nc12. The Morgan fingerprint density at radius 2 is 2.28 bits per heavy atom. The first-order chi connectivity index (χ1) is 8.63. The summed E-state index contributed by atoms with van der Waals surface area (Å²) >= 11 is 0. The highest BCUT2D eigenvalue weighted by molar-refractivity contribution is 5.96.